The van der Waals surface area contributed by atoms with Crippen LogP contribution in [-0.4, -0.2) is 24.7 Å². The molecular formula is C11H22N2O2. The van der Waals surface area contributed by atoms with E-state index in [0.29, 0.717) is 18.9 Å². The highest BCUT2D eigenvalue weighted by Crippen LogP contribution is 2.27. The van der Waals surface area contributed by atoms with Crippen LogP contribution >= 0.6 is 0 Å². The molecule has 3 unspecified atom stereocenters. The maximum Gasteiger partial charge on any atom is 0.246 e. The largest absolute Gasteiger partial charge is 0.367 e. The lowest BCUT2D eigenvalue weighted by molar-refractivity contribution is -0.137. The highest BCUT2D eigenvalue weighted by molar-refractivity contribution is 5.78. The van der Waals surface area contributed by atoms with Gasteiger partial charge in [-0.3, -0.25) is 4.79 Å². The summed E-state index contributed by atoms with van der Waals surface area (Å²) >= 11 is 0. The molecule has 0 bridgehead atoms. The summed E-state index contributed by atoms with van der Waals surface area (Å²) in [6, 6.07) is 0. The Labute approximate surface area is 91.3 Å². The third kappa shape index (κ3) is 3.47. The summed E-state index contributed by atoms with van der Waals surface area (Å²) in [5, 5.41) is 0. The first kappa shape index (κ1) is 12.5. The van der Waals surface area contributed by atoms with Crippen molar-refractivity contribution >= 4 is 5.91 Å². The molecule has 3 atom stereocenters. The van der Waals surface area contributed by atoms with Crippen molar-refractivity contribution in [3.05, 3.63) is 0 Å². The van der Waals surface area contributed by atoms with Crippen molar-refractivity contribution in [2.75, 3.05) is 6.54 Å². The van der Waals surface area contributed by atoms with E-state index in [2.05, 4.69) is 0 Å². The van der Waals surface area contributed by atoms with Crippen LogP contribution in [0.25, 0.3) is 0 Å². The van der Waals surface area contributed by atoms with Gasteiger partial charge < -0.3 is 16.2 Å². The summed E-state index contributed by atoms with van der Waals surface area (Å²) in [6.07, 6.45) is 4.82. The average molecular weight is 214 g/mol. The number of amides is 1. The van der Waals surface area contributed by atoms with Gasteiger partial charge in [0.1, 0.15) is 6.10 Å². The summed E-state index contributed by atoms with van der Waals surface area (Å²) in [6.45, 7) is 2.55. The van der Waals surface area contributed by atoms with Crippen LogP contribution in [0.3, 0.4) is 0 Å². The van der Waals surface area contributed by atoms with Gasteiger partial charge in [0.05, 0.1) is 6.10 Å². The molecular weight excluding hydrogens is 192 g/mol. The number of rotatable bonds is 5. The van der Waals surface area contributed by atoms with E-state index in [4.69, 9.17) is 16.2 Å². The maximum atomic E-state index is 11.1. The Morgan fingerprint density at radius 1 is 1.47 bits per heavy atom. The van der Waals surface area contributed by atoms with Crippen LogP contribution in [0.5, 0.6) is 0 Å². The van der Waals surface area contributed by atoms with Gasteiger partial charge in [0.25, 0.3) is 0 Å². The van der Waals surface area contributed by atoms with Gasteiger partial charge in [0, 0.05) is 0 Å². The second-order valence-electron chi connectivity index (χ2n) is 4.25. The van der Waals surface area contributed by atoms with Gasteiger partial charge in [-0.2, -0.15) is 0 Å². The van der Waals surface area contributed by atoms with Crippen LogP contribution in [0.15, 0.2) is 0 Å². The smallest absolute Gasteiger partial charge is 0.246 e. The molecule has 1 fully saturated rings. The Bertz CT molecular complexity index is 209. The van der Waals surface area contributed by atoms with E-state index < -0.39 is 6.10 Å². The molecule has 1 amide bonds. The molecule has 0 aromatic carbocycles. The van der Waals surface area contributed by atoms with Crippen LogP contribution in [0.2, 0.25) is 0 Å². The highest BCUT2D eigenvalue weighted by Gasteiger charge is 2.28. The molecule has 4 nitrogen and oxygen atoms in total. The second-order valence-corrected chi connectivity index (χ2v) is 4.25. The van der Waals surface area contributed by atoms with Crippen molar-refractivity contribution in [1.29, 1.82) is 0 Å². The van der Waals surface area contributed by atoms with Gasteiger partial charge in [-0.25, -0.2) is 0 Å². The fourth-order valence-corrected chi connectivity index (χ4v) is 2.20. The lowest BCUT2D eigenvalue weighted by Gasteiger charge is -2.32. The van der Waals surface area contributed by atoms with Crippen LogP contribution in [0.4, 0.5) is 0 Å². The lowest BCUT2D eigenvalue weighted by atomic mass is 9.86. The van der Waals surface area contributed by atoms with E-state index in [0.717, 1.165) is 19.3 Å². The zero-order valence-electron chi connectivity index (χ0n) is 9.45. The maximum absolute atomic E-state index is 11.1. The van der Waals surface area contributed by atoms with Gasteiger partial charge in [-0.1, -0.05) is 19.8 Å². The summed E-state index contributed by atoms with van der Waals surface area (Å²) < 4.78 is 5.75. The molecule has 4 heteroatoms. The molecule has 15 heavy (non-hydrogen) atoms. The summed E-state index contributed by atoms with van der Waals surface area (Å²) in [5.41, 5.74) is 10.9. The quantitative estimate of drug-likeness (QED) is 0.710. The third-order valence-corrected chi connectivity index (χ3v) is 3.17. The van der Waals surface area contributed by atoms with Crippen LogP contribution < -0.4 is 11.5 Å². The molecule has 0 heterocycles. The number of ether oxygens (including phenoxy) is 1. The number of carbonyl (C=O) groups excluding carboxylic acids is 1. The van der Waals surface area contributed by atoms with Gasteiger partial charge in [-0.15, -0.1) is 0 Å². The first-order valence-electron chi connectivity index (χ1n) is 5.83. The van der Waals surface area contributed by atoms with Gasteiger partial charge in [0.2, 0.25) is 5.91 Å². The molecule has 1 aliphatic carbocycles. The van der Waals surface area contributed by atoms with Crippen molar-refractivity contribution < 1.29 is 9.53 Å². The predicted molar refractivity (Wildman–Crippen MR) is 59.2 cm³/mol. The Kier molecular flexibility index (Phi) is 5.05. The van der Waals surface area contributed by atoms with E-state index in [1.165, 1.54) is 6.42 Å². The van der Waals surface area contributed by atoms with Crippen molar-refractivity contribution in [3.8, 4) is 0 Å². The minimum atomic E-state index is -0.442. The molecule has 0 spiro atoms. The molecule has 88 valence electrons. The molecule has 4 N–H and O–H groups in total. The average Bonchev–Trinajstić information content (AvgIpc) is 2.25. The van der Waals surface area contributed by atoms with Crippen LogP contribution in [0.1, 0.15) is 39.0 Å². The molecule has 0 aromatic heterocycles. The minimum Gasteiger partial charge on any atom is -0.367 e. The van der Waals surface area contributed by atoms with Crippen LogP contribution in [-0.2, 0) is 9.53 Å². The van der Waals surface area contributed by atoms with Crippen molar-refractivity contribution in [2.45, 2.75) is 51.2 Å². The molecule has 1 rings (SSSR count). The SMILES string of the molecule is CCC(OC1CCCCC1CN)C(N)=O. The predicted octanol–water partition coefficient (Wildman–Crippen LogP) is 0.784. The summed E-state index contributed by atoms with van der Waals surface area (Å²) in [5.74, 6) is 0.0333. The van der Waals surface area contributed by atoms with E-state index in [-0.39, 0.29) is 12.0 Å². The topological polar surface area (TPSA) is 78.3 Å². The Balaban J connectivity index is 2.49. The fraction of sp³-hybridized carbons (Fsp3) is 0.909. The zero-order chi connectivity index (χ0) is 11.3. The summed E-state index contributed by atoms with van der Waals surface area (Å²) in [7, 11) is 0. The minimum absolute atomic E-state index is 0.126. The number of hydrogen-bond acceptors (Lipinski definition) is 3. The second kappa shape index (κ2) is 6.08. The number of primary amides is 1. The summed E-state index contributed by atoms with van der Waals surface area (Å²) in [4.78, 5) is 11.1. The fourth-order valence-electron chi connectivity index (χ4n) is 2.20. The number of hydrogen-bond donors (Lipinski definition) is 2. The van der Waals surface area contributed by atoms with Crippen molar-refractivity contribution in [1.82, 2.24) is 0 Å². The van der Waals surface area contributed by atoms with E-state index in [1.807, 2.05) is 6.92 Å². The first-order valence-corrected chi connectivity index (χ1v) is 5.83. The molecule has 1 saturated carbocycles. The molecule has 0 saturated heterocycles. The molecule has 1 aliphatic rings. The van der Waals surface area contributed by atoms with E-state index in [1.54, 1.807) is 0 Å². The zero-order valence-corrected chi connectivity index (χ0v) is 9.45. The molecule has 0 radical (unpaired) electrons. The Hall–Kier alpha value is -0.610. The van der Waals surface area contributed by atoms with Gasteiger partial charge >= 0.3 is 0 Å². The van der Waals surface area contributed by atoms with Crippen molar-refractivity contribution in [2.24, 2.45) is 17.4 Å². The van der Waals surface area contributed by atoms with E-state index >= 15 is 0 Å². The van der Waals surface area contributed by atoms with Gasteiger partial charge in [0.15, 0.2) is 0 Å². The Morgan fingerprint density at radius 2 is 2.13 bits per heavy atom. The number of nitrogens with two attached hydrogens (primary N) is 2. The third-order valence-electron chi connectivity index (χ3n) is 3.17. The molecule has 0 aliphatic heterocycles. The lowest BCUT2D eigenvalue weighted by Crippen LogP contribution is -2.40. The van der Waals surface area contributed by atoms with Crippen molar-refractivity contribution in [3.63, 3.8) is 0 Å². The standard InChI is InChI=1S/C11H22N2O2/c1-2-9(11(13)14)15-10-6-4-3-5-8(10)7-12/h8-10H,2-7,12H2,1H3,(H2,13,14). The molecule has 0 aromatic rings. The number of carbonyl (C=O) groups is 1. The normalized spacial score (nSPS) is 28.7. The Morgan fingerprint density at radius 3 is 2.67 bits per heavy atom. The first-order chi connectivity index (χ1) is 7.19. The van der Waals surface area contributed by atoms with Gasteiger partial charge in [-0.05, 0) is 31.7 Å². The highest BCUT2D eigenvalue weighted by atomic mass is 16.5. The van der Waals surface area contributed by atoms with E-state index in [9.17, 15) is 4.79 Å². The van der Waals surface area contributed by atoms with Crippen LogP contribution in [0, 0.1) is 5.92 Å². The monoisotopic (exact) mass is 214 g/mol.